The van der Waals surface area contributed by atoms with Crippen molar-refractivity contribution in [3.05, 3.63) is 137 Å². The second-order valence-electron chi connectivity index (χ2n) is 12.3. The summed E-state index contributed by atoms with van der Waals surface area (Å²) in [6.07, 6.45) is 1.52. The molecule has 0 unspecified atom stereocenters. The minimum atomic E-state index is -4.00. The molecule has 0 bridgehead atoms. The van der Waals surface area contributed by atoms with Crippen LogP contribution in [0.4, 0.5) is 0 Å². The molecular formula is C38H37ClN4O6S. The van der Waals surface area contributed by atoms with Crippen LogP contribution in [0.15, 0.2) is 126 Å². The van der Waals surface area contributed by atoms with Gasteiger partial charge in [0.15, 0.2) is 0 Å². The van der Waals surface area contributed by atoms with Crippen LogP contribution in [-0.4, -0.2) is 82.9 Å². The van der Waals surface area contributed by atoms with Crippen LogP contribution < -0.4 is 0 Å². The maximum absolute atomic E-state index is 14.4. The fraction of sp³-hybridized carbons (Fsp3) is 0.237. The monoisotopic (exact) mass is 712 g/mol. The zero-order valence-electron chi connectivity index (χ0n) is 27.3. The van der Waals surface area contributed by atoms with Crippen molar-refractivity contribution in [2.45, 2.75) is 47.8 Å². The second kappa shape index (κ2) is 14.9. The van der Waals surface area contributed by atoms with E-state index in [9.17, 15) is 27.9 Å². The maximum Gasteiger partial charge on any atom is 0.246 e. The zero-order valence-corrected chi connectivity index (χ0v) is 28.8. The summed E-state index contributed by atoms with van der Waals surface area (Å²) < 4.78 is 27.7. The predicted octanol–water partition coefficient (Wildman–Crippen LogP) is 4.86. The number of hydrazine groups is 1. The number of carbonyl (C=O) groups is 3. The number of halogens is 1. The summed E-state index contributed by atoms with van der Waals surface area (Å²) >= 11 is 6.03. The number of carbonyl (C=O) groups excluding carboxylic acids is 3. The fourth-order valence-electron chi connectivity index (χ4n) is 6.61. The van der Waals surface area contributed by atoms with Gasteiger partial charge in [0.1, 0.15) is 18.0 Å². The minimum Gasteiger partial charge on any atom is -0.508 e. The zero-order chi connectivity index (χ0) is 35.4. The molecule has 2 saturated heterocycles. The van der Waals surface area contributed by atoms with Crippen molar-refractivity contribution in [3.8, 4) is 5.75 Å². The molecule has 12 heteroatoms. The van der Waals surface area contributed by atoms with Crippen molar-refractivity contribution < 1.29 is 27.9 Å². The number of fused-ring (bicyclic) bond motifs is 1. The average molecular weight is 713 g/mol. The van der Waals surface area contributed by atoms with E-state index in [-0.39, 0.29) is 72.3 Å². The van der Waals surface area contributed by atoms with E-state index in [0.29, 0.717) is 22.6 Å². The molecule has 0 aromatic heterocycles. The lowest BCUT2D eigenvalue weighted by atomic mass is 9.98. The van der Waals surface area contributed by atoms with Gasteiger partial charge in [-0.25, -0.2) is 18.4 Å². The number of piperazine rings is 1. The third kappa shape index (κ3) is 7.30. The highest BCUT2D eigenvalue weighted by atomic mass is 35.5. The van der Waals surface area contributed by atoms with Crippen LogP contribution in [0.2, 0.25) is 5.02 Å². The molecule has 0 spiro atoms. The largest absolute Gasteiger partial charge is 0.508 e. The fourth-order valence-corrected chi connectivity index (χ4v) is 8.22. The summed E-state index contributed by atoms with van der Waals surface area (Å²) in [5.41, 5.74) is 2.08. The Bertz CT molecular complexity index is 1990. The molecule has 3 amide bonds. The van der Waals surface area contributed by atoms with E-state index in [0.717, 1.165) is 5.56 Å². The van der Waals surface area contributed by atoms with Crippen molar-refractivity contribution in [3.63, 3.8) is 0 Å². The van der Waals surface area contributed by atoms with Gasteiger partial charge < -0.3 is 14.9 Å². The summed E-state index contributed by atoms with van der Waals surface area (Å²) in [5, 5.41) is 13.5. The molecule has 2 aliphatic rings. The van der Waals surface area contributed by atoms with Gasteiger partial charge in [-0.3, -0.25) is 14.4 Å². The Hall–Kier alpha value is -4.97. The summed E-state index contributed by atoms with van der Waals surface area (Å²) in [7, 11) is -4.00. The van der Waals surface area contributed by atoms with Gasteiger partial charge in [0, 0.05) is 31.0 Å². The highest BCUT2D eigenvalue weighted by Crippen LogP contribution is 2.32. The smallest absolute Gasteiger partial charge is 0.246 e. The van der Waals surface area contributed by atoms with Crippen molar-refractivity contribution in [2.24, 2.45) is 0 Å². The number of hydrogen-bond acceptors (Lipinski definition) is 7. The van der Waals surface area contributed by atoms with Gasteiger partial charge in [-0.1, -0.05) is 78.3 Å². The standard InChI is InChI=1S/C38H37ClN4O6S/c1-2-22-41-26-37(46)42-33(23-28-12-17-31(44)18-13-28)38(47)40(25-35(42)43(41)36(45)21-14-27-8-4-3-5-9-27)24-29-10-6-7-11-34(29)50(48,49)32-19-15-30(39)16-20-32/h2-13,15-20,33,35,44H,1,14,21-26H2/t33-,35-/m0/s1. The lowest BCUT2D eigenvalue weighted by Gasteiger charge is -2.55. The molecule has 50 heavy (non-hydrogen) atoms. The first kappa shape index (κ1) is 34.9. The molecule has 2 aliphatic heterocycles. The SMILES string of the molecule is C=CCN1CC(=O)N2[C@@H](Cc3ccc(O)cc3)C(=O)N(Cc3ccccc3S(=O)(=O)c3ccc(Cl)cc3)C[C@@H]2N1C(=O)CCc1ccccc1. The quantitative estimate of drug-likeness (QED) is 0.221. The predicted molar refractivity (Wildman–Crippen MR) is 188 cm³/mol. The highest BCUT2D eigenvalue weighted by molar-refractivity contribution is 7.91. The van der Waals surface area contributed by atoms with Crippen LogP contribution in [0.1, 0.15) is 23.1 Å². The Balaban J connectivity index is 1.38. The molecule has 2 heterocycles. The lowest BCUT2D eigenvalue weighted by molar-refractivity contribution is -0.205. The first-order chi connectivity index (χ1) is 24.1. The Kier molecular flexibility index (Phi) is 10.4. The number of rotatable bonds is 11. The normalized spacial score (nSPS) is 18.2. The van der Waals surface area contributed by atoms with Crippen LogP contribution in [0.25, 0.3) is 0 Å². The Morgan fingerprint density at radius 2 is 1.58 bits per heavy atom. The third-order valence-electron chi connectivity index (χ3n) is 9.01. The van der Waals surface area contributed by atoms with Crippen LogP contribution in [0.3, 0.4) is 0 Å². The Morgan fingerprint density at radius 1 is 0.900 bits per heavy atom. The topological polar surface area (TPSA) is 119 Å². The van der Waals surface area contributed by atoms with Gasteiger partial charge in [-0.2, -0.15) is 0 Å². The molecule has 2 fully saturated rings. The van der Waals surface area contributed by atoms with Crippen molar-refractivity contribution in [1.29, 1.82) is 0 Å². The summed E-state index contributed by atoms with van der Waals surface area (Å²) in [4.78, 5) is 45.6. The first-order valence-corrected chi connectivity index (χ1v) is 18.1. The Morgan fingerprint density at radius 3 is 2.28 bits per heavy atom. The van der Waals surface area contributed by atoms with Crippen LogP contribution in [0, 0.1) is 0 Å². The molecule has 2 atom stereocenters. The first-order valence-electron chi connectivity index (χ1n) is 16.2. The van der Waals surface area contributed by atoms with E-state index < -0.39 is 22.0 Å². The molecule has 10 nitrogen and oxygen atoms in total. The molecule has 6 rings (SSSR count). The van der Waals surface area contributed by atoms with E-state index in [1.807, 2.05) is 30.3 Å². The van der Waals surface area contributed by atoms with Gasteiger partial charge in [-0.05, 0) is 65.6 Å². The van der Waals surface area contributed by atoms with Crippen molar-refractivity contribution in [2.75, 3.05) is 19.6 Å². The van der Waals surface area contributed by atoms with Crippen LogP contribution >= 0.6 is 11.6 Å². The molecule has 0 radical (unpaired) electrons. The van der Waals surface area contributed by atoms with Crippen molar-refractivity contribution >= 4 is 39.2 Å². The second-order valence-corrected chi connectivity index (χ2v) is 14.7. The minimum absolute atomic E-state index is 0.0384. The van der Waals surface area contributed by atoms with E-state index in [4.69, 9.17) is 11.6 Å². The van der Waals surface area contributed by atoms with Gasteiger partial charge in [-0.15, -0.1) is 6.58 Å². The molecule has 4 aromatic carbocycles. The summed E-state index contributed by atoms with van der Waals surface area (Å²) in [6, 6.07) is 27.4. The highest BCUT2D eigenvalue weighted by Gasteiger charge is 2.51. The summed E-state index contributed by atoms with van der Waals surface area (Å²) in [6.45, 7) is 3.82. The molecular weight excluding hydrogens is 676 g/mol. The van der Waals surface area contributed by atoms with E-state index in [2.05, 4.69) is 6.58 Å². The summed E-state index contributed by atoms with van der Waals surface area (Å²) in [5.74, 6) is -0.852. The van der Waals surface area contributed by atoms with Gasteiger partial charge in [0.2, 0.25) is 27.6 Å². The van der Waals surface area contributed by atoms with Crippen LogP contribution in [0.5, 0.6) is 5.75 Å². The van der Waals surface area contributed by atoms with Gasteiger partial charge in [0.25, 0.3) is 0 Å². The molecule has 1 N–H and O–H groups in total. The number of phenolic OH excluding ortho intramolecular Hbond substituents is 1. The van der Waals surface area contributed by atoms with Crippen molar-refractivity contribution in [1.82, 2.24) is 19.8 Å². The number of nitrogens with zero attached hydrogens (tertiary/aromatic N) is 4. The number of aromatic hydroxyl groups is 1. The molecule has 258 valence electrons. The number of hydrogen-bond donors (Lipinski definition) is 1. The number of sulfone groups is 1. The molecule has 0 saturated carbocycles. The molecule has 4 aromatic rings. The van der Waals surface area contributed by atoms with Gasteiger partial charge >= 0.3 is 0 Å². The van der Waals surface area contributed by atoms with Crippen LogP contribution in [-0.2, 0) is 43.6 Å². The molecule has 0 aliphatic carbocycles. The van der Waals surface area contributed by atoms with E-state index in [1.54, 1.807) is 46.4 Å². The Labute approximate surface area is 296 Å². The van der Waals surface area contributed by atoms with E-state index in [1.165, 1.54) is 52.3 Å². The number of aryl methyl sites for hydroxylation is 1. The van der Waals surface area contributed by atoms with Gasteiger partial charge in [0.05, 0.1) is 22.9 Å². The number of benzene rings is 4. The van der Waals surface area contributed by atoms with E-state index >= 15 is 0 Å². The average Bonchev–Trinajstić information content (AvgIpc) is 3.11. The maximum atomic E-state index is 14.4. The number of phenols is 1. The third-order valence-corrected chi connectivity index (χ3v) is 11.1. The lowest BCUT2D eigenvalue weighted by Crippen LogP contribution is -2.75. The number of amides is 3.